The van der Waals surface area contributed by atoms with E-state index < -0.39 is 20.5 Å². The maximum atomic E-state index is 8.49. The fraction of sp³-hybridized carbons (Fsp3) is 0.667. The summed E-state index contributed by atoms with van der Waals surface area (Å²) in [6.07, 6.45) is 10.1. The lowest BCUT2D eigenvalue weighted by Crippen LogP contribution is -3.19. The van der Waals surface area contributed by atoms with Crippen molar-refractivity contribution in [1.29, 1.82) is 0 Å². The van der Waals surface area contributed by atoms with Gasteiger partial charge in [0.15, 0.2) is 18.3 Å². The third-order valence-electron chi connectivity index (χ3n) is 7.23. The van der Waals surface area contributed by atoms with E-state index in [1.54, 1.807) is 5.71 Å². The van der Waals surface area contributed by atoms with E-state index in [1.165, 1.54) is 70.1 Å². The lowest BCUT2D eigenvalue weighted by atomic mass is 9.71. The molecule has 0 radical (unpaired) electrons. The summed E-state index contributed by atoms with van der Waals surface area (Å²) in [6.45, 7) is 4.27. The lowest BCUT2D eigenvalue weighted by molar-refractivity contribution is -2.00. The first-order chi connectivity index (χ1) is 15.4. The highest BCUT2D eigenvalue weighted by Gasteiger charge is 2.52. The van der Waals surface area contributed by atoms with Crippen LogP contribution in [-0.4, -0.2) is 42.0 Å². The second kappa shape index (κ2) is 11.2. The molecule has 1 aromatic carbocycles. The number of nitrogens with one attached hydrogen (secondary N) is 1. The zero-order valence-corrected chi connectivity index (χ0v) is 19.7. The topological polar surface area (TPSA) is 192 Å². The summed E-state index contributed by atoms with van der Waals surface area (Å²) in [5, 5.41) is 0. The molecule has 0 saturated carbocycles. The van der Waals surface area contributed by atoms with Crippen molar-refractivity contribution in [3.63, 3.8) is 0 Å². The number of quaternary nitrogens is 1. The van der Waals surface area contributed by atoms with Gasteiger partial charge in [-0.1, -0.05) is 18.2 Å². The number of hydrogen-bond donors (Lipinski definition) is 1. The number of nitrogens with zero attached hydrogens (tertiary/aromatic N) is 1. The molecule has 0 aromatic heterocycles. The maximum absolute atomic E-state index is 8.49. The van der Waals surface area contributed by atoms with Crippen molar-refractivity contribution in [3.05, 3.63) is 35.9 Å². The standard InChI is InChI=1S/C21H29N2.2ClHO4/c1-2-7-16(8-3-1)20-10-6-11-21-17-13-18(15-23(20)21)19-9-4-5-12-22(19)14-17;2*2-1(3,4)5/h1-3,7-8,17-19,21H,4-6,9-15H2;2*(H,2,3,4,5)/q+1;;/p-1/t17-,18-,19-,21+;;/m0../s1. The smallest absolute Gasteiger partial charge is 0.183 e. The molecular formula is C21H30Cl2N2O8. The van der Waals surface area contributed by atoms with Crippen molar-refractivity contribution in [3.8, 4) is 0 Å². The fourth-order valence-electron chi connectivity index (χ4n) is 6.30. The van der Waals surface area contributed by atoms with Gasteiger partial charge in [0.2, 0.25) is 0 Å². The third kappa shape index (κ3) is 8.37. The molecular weight excluding hydrogens is 479 g/mol. The summed E-state index contributed by atoms with van der Waals surface area (Å²) in [5.41, 5.74) is 3.15. The van der Waals surface area contributed by atoms with Gasteiger partial charge >= 0.3 is 0 Å². The largest absolute Gasteiger partial charge is 0.332 e. The van der Waals surface area contributed by atoms with Gasteiger partial charge < -0.3 is 4.90 Å². The summed E-state index contributed by atoms with van der Waals surface area (Å²) in [6, 6.07) is 13.1. The monoisotopic (exact) mass is 508 g/mol. The molecule has 0 aliphatic carbocycles. The number of fused-ring (bicyclic) bond motifs is 6. The molecule has 186 valence electrons. The first-order valence-electron chi connectivity index (χ1n) is 11.2. The van der Waals surface area contributed by atoms with Crippen LogP contribution >= 0.6 is 0 Å². The Balaban J connectivity index is 0.000000261. The molecule has 4 heterocycles. The van der Waals surface area contributed by atoms with Crippen LogP contribution in [0.25, 0.3) is 0 Å². The first-order valence-corrected chi connectivity index (χ1v) is 13.6. The molecule has 4 aliphatic heterocycles. The van der Waals surface area contributed by atoms with Gasteiger partial charge in [-0.3, -0.25) is 0 Å². The molecule has 1 aromatic rings. The van der Waals surface area contributed by atoms with Crippen LogP contribution in [-0.2, 0) is 0 Å². The second-order valence-corrected chi connectivity index (χ2v) is 10.7. The van der Waals surface area contributed by atoms with E-state index in [0.29, 0.717) is 0 Å². The Bertz CT molecular complexity index is 776. The molecule has 3 saturated heterocycles. The van der Waals surface area contributed by atoms with Crippen molar-refractivity contribution < 1.29 is 67.2 Å². The van der Waals surface area contributed by atoms with Crippen LogP contribution in [0.5, 0.6) is 0 Å². The minimum atomic E-state index is -4.94. The molecule has 5 atom stereocenters. The van der Waals surface area contributed by atoms with E-state index in [9.17, 15) is 0 Å². The number of hydrogen-bond acceptors (Lipinski definition) is 8. The Morgan fingerprint density at radius 2 is 1.42 bits per heavy atom. The van der Waals surface area contributed by atoms with Crippen LogP contribution in [0.4, 0.5) is 0 Å². The third-order valence-corrected chi connectivity index (χ3v) is 7.23. The molecule has 1 N–H and O–H groups in total. The van der Waals surface area contributed by atoms with Crippen molar-refractivity contribution in [1.82, 2.24) is 0 Å². The van der Waals surface area contributed by atoms with Gasteiger partial charge in [0, 0.05) is 24.8 Å². The summed E-state index contributed by atoms with van der Waals surface area (Å²) in [5.74, 6) is 1.91. The summed E-state index contributed by atoms with van der Waals surface area (Å²) in [4.78, 5) is 1.98. The Morgan fingerprint density at radius 3 is 2.06 bits per heavy atom. The molecule has 33 heavy (non-hydrogen) atoms. The summed E-state index contributed by atoms with van der Waals surface area (Å²) < 4.78 is 70.8. The van der Waals surface area contributed by atoms with Gasteiger partial charge in [0.1, 0.15) is 0 Å². The normalized spacial score (nSPS) is 31.2. The average molecular weight is 509 g/mol. The van der Waals surface area contributed by atoms with Crippen LogP contribution in [0.2, 0.25) is 0 Å². The van der Waals surface area contributed by atoms with E-state index in [-0.39, 0.29) is 0 Å². The van der Waals surface area contributed by atoms with Crippen molar-refractivity contribution in [2.24, 2.45) is 11.8 Å². The fourth-order valence-corrected chi connectivity index (χ4v) is 6.30. The quantitative estimate of drug-likeness (QED) is 0.361. The average Bonchev–Trinajstić information content (AvgIpc) is 2.72. The lowest BCUT2D eigenvalue weighted by Gasteiger charge is -2.48. The molecule has 1 unspecified atom stereocenters. The van der Waals surface area contributed by atoms with Crippen LogP contribution in [0.1, 0.15) is 50.5 Å². The molecule has 5 rings (SSSR count). The van der Waals surface area contributed by atoms with Gasteiger partial charge in [0.25, 0.3) is 0 Å². The highest BCUT2D eigenvalue weighted by atomic mass is 35.7. The first kappa shape index (κ1) is 26.7. The van der Waals surface area contributed by atoms with E-state index in [0.717, 1.165) is 23.9 Å². The number of benzene rings is 1. The van der Waals surface area contributed by atoms with E-state index in [4.69, 9.17) is 37.3 Å². The molecule has 3 fully saturated rings. The van der Waals surface area contributed by atoms with Gasteiger partial charge in [-0.15, -0.1) is 20.5 Å². The van der Waals surface area contributed by atoms with Crippen LogP contribution in [0, 0.1) is 32.3 Å². The van der Waals surface area contributed by atoms with Crippen LogP contribution in [0.15, 0.2) is 30.3 Å². The van der Waals surface area contributed by atoms with Gasteiger partial charge in [-0.2, -0.15) is 0 Å². The van der Waals surface area contributed by atoms with Gasteiger partial charge in [-0.25, -0.2) is 41.8 Å². The number of piperidine rings is 3. The highest BCUT2D eigenvalue weighted by molar-refractivity contribution is 5.97. The Morgan fingerprint density at radius 1 is 0.788 bits per heavy atom. The maximum Gasteiger partial charge on any atom is 0.183 e. The minimum Gasteiger partial charge on any atom is -0.332 e. The number of rotatable bonds is 1. The molecule has 12 heteroatoms. The van der Waals surface area contributed by atoms with E-state index >= 15 is 0 Å². The molecule has 0 amide bonds. The molecule has 4 aliphatic rings. The Labute approximate surface area is 197 Å². The van der Waals surface area contributed by atoms with Crippen molar-refractivity contribution in [2.45, 2.75) is 57.0 Å². The predicted octanol–water partition coefficient (Wildman–Crippen LogP) is -7.38. The molecule has 0 spiro atoms. The summed E-state index contributed by atoms with van der Waals surface area (Å²) in [7, 11) is -9.89. The molecule has 2 bridgehead atoms. The predicted molar refractivity (Wildman–Crippen MR) is 93.3 cm³/mol. The van der Waals surface area contributed by atoms with E-state index in [2.05, 4.69) is 34.9 Å². The Hall–Kier alpha value is -0.890. The van der Waals surface area contributed by atoms with E-state index in [1.807, 2.05) is 4.90 Å². The van der Waals surface area contributed by atoms with Gasteiger partial charge in [0.05, 0.1) is 31.0 Å². The number of halogens is 2. The SMILES string of the molecule is [O-][Cl+3]([O-])([O-])[O-].[O-][Cl+3]([O-])([O-])[O-].c1ccc(C2=[N+]3C[C@@H]4C[C@@H](C[NH+]5CCCC[C@@H]45)[C@H]3CCC2)cc1. The zero-order valence-electron chi connectivity index (χ0n) is 18.2. The van der Waals surface area contributed by atoms with Crippen LogP contribution < -0.4 is 42.2 Å². The Kier molecular flexibility index (Phi) is 9.09. The molecule has 10 nitrogen and oxygen atoms in total. The minimum absolute atomic E-state index is 0.839. The second-order valence-electron chi connectivity index (χ2n) is 9.15. The van der Waals surface area contributed by atoms with Crippen molar-refractivity contribution >= 4 is 5.71 Å². The summed E-state index contributed by atoms with van der Waals surface area (Å²) >= 11 is 0. The van der Waals surface area contributed by atoms with Crippen molar-refractivity contribution in [2.75, 3.05) is 19.6 Å². The van der Waals surface area contributed by atoms with Gasteiger partial charge in [-0.05, 0) is 37.8 Å². The zero-order chi connectivity index (χ0) is 24.2. The van der Waals surface area contributed by atoms with Crippen LogP contribution in [0.3, 0.4) is 0 Å². The highest BCUT2D eigenvalue weighted by Crippen LogP contribution is 2.36.